The number of rotatable bonds is 10. The topological polar surface area (TPSA) is 94.6 Å². The van der Waals surface area contributed by atoms with Crippen LogP contribution < -0.4 is 10.0 Å². The van der Waals surface area contributed by atoms with Crippen LogP contribution in [-0.4, -0.2) is 68.1 Å². The standard InChI is InChI=1S/C25H31F4N5O3S/c1-6-34(10-9-30-38(5,36)37)24-21(27)19-12-16(25(35)33(24)4)11-17(26)13-18(19)15(3)32-20-8-7-14(2)31-22(20)23(28)29/h7-8,11,13,15,23,30,32H,6,9-10,12H2,1-5H3. The maximum Gasteiger partial charge on any atom is 0.282 e. The third kappa shape index (κ3) is 6.62. The van der Waals surface area contributed by atoms with Gasteiger partial charge in [0.2, 0.25) is 10.0 Å². The zero-order valence-electron chi connectivity index (χ0n) is 21.8. The van der Waals surface area contributed by atoms with Crippen LogP contribution in [-0.2, 0) is 14.8 Å². The van der Waals surface area contributed by atoms with Gasteiger partial charge in [-0.2, -0.15) is 0 Å². The molecular weight excluding hydrogens is 526 g/mol. The SMILES string of the molecule is CCN(CCNS(C)(=O)=O)C1=C(F)C2=C(C(C)Nc3ccc(C)nc3C(F)F)C=C(F)C=C(C2)C(=O)N1C. The lowest BCUT2D eigenvalue weighted by molar-refractivity contribution is -0.125. The van der Waals surface area contributed by atoms with Gasteiger partial charge >= 0.3 is 0 Å². The second kappa shape index (κ2) is 11.7. The lowest BCUT2D eigenvalue weighted by Crippen LogP contribution is -2.41. The van der Waals surface area contributed by atoms with E-state index in [0.29, 0.717) is 5.69 Å². The molecule has 2 heterocycles. The second-order valence-corrected chi connectivity index (χ2v) is 10.9. The first kappa shape index (κ1) is 29.4. The van der Waals surface area contributed by atoms with Gasteiger partial charge in [-0.1, -0.05) is 0 Å². The fourth-order valence-corrected chi connectivity index (χ4v) is 4.88. The summed E-state index contributed by atoms with van der Waals surface area (Å²) >= 11 is 0. The molecule has 0 saturated carbocycles. The normalized spacial score (nSPS) is 17.3. The Bertz CT molecular complexity index is 1340. The predicted molar refractivity (Wildman–Crippen MR) is 137 cm³/mol. The summed E-state index contributed by atoms with van der Waals surface area (Å²) in [6.45, 7) is 5.12. The van der Waals surface area contributed by atoms with Crippen molar-refractivity contribution in [2.24, 2.45) is 0 Å². The van der Waals surface area contributed by atoms with E-state index >= 15 is 4.39 Å². The van der Waals surface area contributed by atoms with Crippen molar-refractivity contribution in [3.8, 4) is 0 Å². The number of alkyl halides is 2. The van der Waals surface area contributed by atoms with Crippen LogP contribution >= 0.6 is 0 Å². The molecule has 2 bridgehead atoms. The fourth-order valence-electron chi connectivity index (χ4n) is 4.42. The molecule has 0 aromatic carbocycles. The summed E-state index contributed by atoms with van der Waals surface area (Å²) in [5.74, 6) is -2.29. The molecule has 0 saturated heterocycles. The summed E-state index contributed by atoms with van der Waals surface area (Å²) in [6, 6.07) is 2.13. The van der Waals surface area contributed by atoms with E-state index in [1.54, 1.807) is 26.8 Å². The quantitative estimate of drug-likeness (QED) is 0.421. The molecule has 1 aromatic rings. The van der Waals surface area contributed by atoms with Crippen molar-refractivity contribution in [2.45, 2.75) is 39.7 Å². The number of aromatic nitrogens is 1. The Morgan fingerprint density at radius 3 is 2.50 bits per heavy atom. The van der Waals surface area contributed by atoms with Gasteiger partial charge in [0.25, 0.3) is 12.3 Å². The number of anilines is 1. The third-order valence-electron chi connectivity index (χ3n) is 6.22. The number of aryl methyl sites for hydroxylation is 1. The Kier molecular flexibility index (Phi) is 9.03. The highest BCUT2D eigenvalue weighted by atomic mass is 32.2. The van der Waals surface area contributed by atoms with Gasteiger partial charge in [0.1, 0.15) is 17.3 Å². The summed E-state index contributed by atoms with van der Waals surface area (Å²) in [7, 11) is -2.13. The highest BCUT2D eigenvalue weighted by Gasteiger charge is 2.35. The van der Waals surface area contributed by atoms with Crippen molar-refractivity contribution >= 4 is 21.6 Å². The van der Waals surface area contributed by atoms with Crippen LogP contribution in [0.4, 0.5) is 23.2 Å². The molecular formula is C25H31F4N5O3S. The van der Waals surface area contributed by atoms with Crippen molar-refractivity contribution in [3.05, 3.63) is 69.9 Å². The highest BCUT2D eigenvalue weighted by molar-refractivity contribution is 7.88. The summed E-state index contributed by atoms with van der Waals surface area (Å²) in [6.07, 6.45) is 0.0216. The zero-order chi connectivity index (χ0) is 28.4. The fraction of sp³-hybridized carbons (Fsp3) is 0.440. The molecule has 2 aliphatic rings. The lowest BCUT2D eigenvalue weighted by Gasteiger charge is -2.32. The first-order chi connectivity index (χ1) is 17.7. The van der Waals surface area contributed by atoms with Crippen molar-refractivity contribution in [2.75, 3.05) is 38.3 Å². The summed E-state index contributed by atoms with van der Waals surface area (Å²) < 4.78 is 83.8. The Balaban J connectivity index is 2.11. The maximum absolute atomic E-state index is 16.3. The molecule has 8 nitrogen and oxygen atoms in total. The van der Waals surface area contributed by atoms with Crippen molar-refractivity contribution in [3.63, 3.8) is 0 Å². The summed E-state index contributed by atoms with van der Waals surface area (Å²) in [4.78, 5) is 19.6. The van der Waals surface area contributed by atoms with Gasteiger partial charge in [-0.15, -0.1) is 0 Å². The molecule has 38 heavy (non-hydrogen) atoms. The smallest absolute Gasteiger partial charge is 0.282 e. The number of likely N-dealkylation sites (N-methyl/N-ethyl adjacent to an activating group) is 2. The number of pyridine rings is 1. The number of allylic oxidation sites excluding steroid dienone is 4. The molecule has 1 amide bonds. The van der Waals surface area contributed by atoms with E-state index in [2.05, 4.69) is 15.0 Å². The van der Waals surface area contributed by atoms with Crippen LogP contribution in [0, 0.1) is 6.92 Å². The molecule has 1 aliphatic heterocycles. The number of fused-ring (bicyclic) bond motifs is 2. The van der Waals surface area contributed by atoms with Gasteiger partial charge in [-0.25, -0.2) is 35.7 Å². The minimum atomic E-state index is -3.49. The van der Waals surface area contributed by atoms with E-state index in [4.69, 9.17) is 0 Å². The Morgan fingerprint density at radius 2 is 1.89 bits per heavy atom. The average Bonchev–Trinajstić information content (AvgIpc) is 3.05. The van der Waals surface area contributed by atoms with Gasteiger partial charge in [-0.3, -0.25) is 9.69 Å². The van der Waals surface area contributed by atoms with Crippen molar-refractivity contribution < 1.29 is 30.8 Å². The molecule has 0 fully saturated rings. The van der Waals surface area contributed by atoms with E-state index in [-0.39, 0.29) is 54.3 Å². The monoisotopic (exact) mass is 557 g/mol. The molecule has 1 aliphatic carbocycles. The number of nitrogens with one attached hydrogen (secondary N) is 2. The number of halogens is 4. The molecule has 3 rings (SSSR count). The van der Waals surface area contributed by atoms with Gasteiger partial charge in [-0.05, 0) is 50.6 Å². The number of carbonyl (C=O) groups is 1. The average molecular weight is 558 g/mol. The molecule has 208 valence electrons. The number of hydrogen-bond acceptors (Lipinski definition) is 6. The van der Waals surface area contributed by atoms with Crippen molar-refractivity contribution in [1.29, 1.82) is 0 Å². The van der Waals surface area contributed by atoms with E-state index in [0.717, 1.165) is 23.3 Å². The number of hydrogen-bond donors (Lipinski definition) is 2. The predicted octanol–water partition coefficient (Wildman–Crippen LogP) is 4.09. The van der Waals surface area contributed by atoms with Crippen LogP contribution in [0.2, 0.25) is 0 Å². The highest BCUT2D eigenvalue weighted by Crippen LogP contribution is 2.38. The summed E-state index contributed by atoms with van der Waals surface area (Å²) in [5.41, 5.74) is 0.0962. The Hall–Kier alpha value is -3.19. The number of sulfonamides is 1. The van der Waals surface area contributed by atoms with Crippen LogP contribution in [0.3, 0.4) is 0 Å². The number of nitrogens with zero attached hydrogens (tertiary/aromatic N) is 3. The van der Waals surface area contributed by atoms with E-state index in [9.17, 15) is 26.4 Å². The Morgan fingerprint density at radius 1 is 1.21 bits per heavy atom. The molecule has 1 aromatic heterocycles. The number of amides is 1. The maximum atomic E-state index is 16.3. The zero-order valence-corrected chi connectivity index (χ0v) is 22.6. The second-order valence-electron chi connectivity index (χ2n) is 9.11. The largest absolute Gasteiger partial charge is 0.377 e. The van der Waals surface area contributed by atoms with Crippen LogP contribution in [0.15, 0.2) is 58.5 Å². The van der Waals surface area contributed by atoms with Crippen LogP contribution in [0.25, 0.3) is 0 Å². The first-order valence-corrected chi connectivity index (χ1v) is 13.8. The molecule has 2 N–H and O–H groups in total. The van der Waals surface area contributed by atoms with Crippen LogP contribution in [0.1, 0.15) is 38.1 Å². The minimum absolute atomic E-state index is 0.0131. The minimum Gasteiger partial charge on any atom is -0.377 e. The number of carbonyl (C=O) groups excluding carboxylic acids is 1. The first-order valence-electron chi connectivity index (χ1n) is 11.9. The van der Waals surface area contributed by atoms with Gasteiger partial charge in [0.15, 0.2) is 5.83 Å². The molecule has 0 radical (unpaired) electrons. The molecule has 1 unspecified atom stereocenters. The third-order valence-corrected chi connectivity index (χ3v) is 6.94. The lowest BCUT2D eigenvalue weighted by atomic mass is 9.96. The van der Waals surface area contributed by atoms with Crippen LogP contribution in [0.5, 0.6) is 0 Å². The Labute approximate surface area is 219 Å². The molecule has 0 spiro atoms. The van der Waals surface area contributed by atoms with Gasteiger partial charge < -0.3 is 10.2 Å². The van der Waals surface area contributed by atoms with Gasteiger partial charge in [0, 0.05) is 56.0 Å². The van der Waals surface area contributed by atoms with E-state index < -0.39 is 45.7 Å². The van der Waals surface area contributed by atoms with Gasteiger partial charge in [0.05, 0.1) is 11.9 Å². The molecule has 1 atom stereocenters. The molecule has 13 heteroatoms. The summed E-state index contributed by atoms with van der Waals surface area (Å²) in [5, 5.41) is 2.90. The van der Waals surface area contributed by atoms with E-state index in [1.807, 2.05) is 0 Å². The van der Waals surface area contributed by atoms with Crippen molar-refractivity contribution in [1.82, 2.24) is 19.5 Å². The van der Waals surface area contributed by atoms with E-state index in [1.165, 1.54) is 18.0 Å².